The lowest BCUT2D eigenvalue weighted by atomic mass is 9.90. The van der Waals surface area contributed by atoms with Gasteiger partial charge >= 0.3 is 0 Å². The van der Waals surface area contributed by atoms with Crippen LogP contribution >= 0.6 is 0 Å². The molecule has 2 heterocycles. The van der Waals surface area contributed by atoms with Crippen LogP contribution in [-0.4, -0.2) is 73.2 Å². The van der Waals surface area contributed by atoms with Crippen LogP contribution in [0.3, 0.4) is 0 Å². The molecule has 204 valence electrons. The fraction of sp³-hybridized carbons (Fsp3) is 0.345. The van der Waals surface area contributed by atoms with Crippen LogP contribution in [0.2, 0.25) is 0 Å². The van der Waals surface area contributed by atoms with Crippen molar-refractivity contribution < 1.29 is 27.1 Å². The molecule has 2 aliphatic rings. The van der Waals surface area contributed by atoms with E-state index in [1.807, 2.05) is 50.2 Å². The molecule has 0 radical (unpaired) electrons. The molecule has 0 bridgehead atoms. The topological polar surface area (TPSA) is 98.7 Å². The van der Waals surface area contributed by atoms with E-state index in [1.54, 1.807) is 18.3 Å². The summed E-state index contributed by atoms with van der Waals surface area (Å²) in [5, 5.41) is 0. The minimum Gasteiger partial charge on any atom is -0.490 e. The number of rotatable bonds is 7. The molecule has 1 amide bonds. The molecule has 0 N–H and O–H groups in total. The summed E-state index contributed by atoms with van der Waals surface area (Å²) in [5.41, 5.74) is 4.00. The number of ether oxygens (including phenoxy) is 2. The number of halogens is 1. The Hall–Kier alpha value is -3.79. The lowest BCUT2D eigenvalue weighted by Crippen LogP contribution is -2.47. The third kappa shape index (κ3) is 5.66. The number of hydrogen-bond acceptors (Lipinski definition) is 7. The molecule has 8 nitrogen and oxygen atoms in total. The van der Waals surface area contributed by atoms with Gasteiger partial charge in [-0.15, -0.1) is 0 Å². The maximum atomic E-state index is 15.3. The monoisotopic (exact) mass is 551 g/mol. The summed E-state index contributed by atoms with van der Waals surface area (Å²) < 4.78 is 50.2. The Bertz CT molecular complexity index is 1560. The lowest BCUT2D eigenvalue weighted by Gasteiger charge is -2.31. The van der Waals surface area contributed by atoms with Crippen molar-refractivity contribution in [2.75, 3.05) is 37.8 Å². The zero-order valence-electron chi connectivity index (χ0n) is 21.8. The van der Waals surface area contributed by atoms with Crippen LogP contribution in [0.5, 0.6) is 11.5 Å². The molecule has 2 aromatic carbocycles. The third-order valence-electron chi connectivity index (χ3n) is 6.83. The Balaban J connectivity index is 1.43. The van der Waals surface area contributed by atoms with Gasteiger partial charge in [-0.3, -0.25) is 9.78 Å². The molecule has 39 heavy (non-hydrogen) atoms. The van der Waals surface area contributed by atoms with Gasteiger partial charge in [-0.25, -0.2) is 17.8 Å². The fourth-order valence-corrected chi connectivity index (χ4v) is 6.00. The Kier molecular flexibility index (Phi) is 7.65. The van der Waals surface area contributed by atoms with Crippen LogP contribution in [0.4, 0.5) is 4.39 Å². The van der Waals surface area contributed by atoms with Gasteiger partial charge in [-0.05, 0) is 49.8 Å². The number of allylic oxidation sites excluding steroid dienone is 3. The van der Waals surface area contributed by atoms with Gasteiger partial charge in [-0.1, -0.05) is 24.3 Å². The van der Waals surface area contributed by atoms with Gasteiger partial charge in [0, 0.05) is 24.2 Å². The summed E-state index contributed by atoms with van der Waals surface area (Å²) in [5.74, 6) is -0.307. The maximum Gasteiger partial charge on any atom is 0.232 e. The predicted molar refractivity (Wildman–Crippen MR) is 148 cm³/mol. The molecule has 5 rings (SSSR count). The minimum atomic E-state index is -3.14. The van der Waals surface area contributed by atoms with E-state index in [1.165, 1.54) is 11.0 Å². The highest BCUT2D eigenvalue weighted by Crippen LogP contribution is 2.35. The van der Waals surface area contributed by atoms with E-state index in [2.05, 4.69) is 4.98 Å². The number of aromatic nitrogens is 2. The van der Waals surface area contributed by atoms with Crippen molar-refractivity contribution in [2.24, 2.45) is 5.92 Å². The molecule has 1 aliphatic carbocycles. The zero-order chi connectivity index (χ0) is 27.6. The second-order valence-electron chi connectivity index (χ2n) is 9.38. The molecule has 2 atom stereocenters. The first-order chi connectivity index (χ1) is 18.8. The first kappa shape index (κ1) is 26.8. The first-order valence-electron chi connectivity index (χ1n) is 13.0. The summed E-state index contributed by atoms with van der Waals surface area (Å²) >= 11 is 0. The smallest absolute Gasteiger partial charge is 0.232 e. The molecule has 1 aliphatic heterocycles. The van der Waals surface area contributed by atoms with Gasteiger partial charge in [0.05, 0.1) is 53.6 Å². The molecule has 1 saturated heterocycles. The number of para-hydroxylation sites is 1. The number of carbonyl (C=O) groups excluding carboxylic acids is 1. The summed E-state index contributed by atoms with van der Waals surface area (Å²) in [6.45, 7) is 5.00. The molecule has 10 heteroatoms. The molecular weight excluding hydrogens is 521 g/mol. The Morgan fingerprint density at radius 1 is 1.08 bits per heavy atom. The van der Waals surface area contributed by atoms with Crippen LogP contribution in [0.15, 0.2) is 60.8 Å². The number of fused-ring (bicyclic) bond motifs is 1. The van der Waals surface area contributed by atoms with E-state index in [9.17, 15) is 13.2 Å². The van der Waals surface area contributed by atoms with Crippen LogP contribution in [0, 0.1) is 5.92 Å². The van der Waals surface area contributed by atoms with Crippen molar-refractivity contribution >= 4 is 32.4 Å². The largest absolute Gasteiger partial charge is 0.490 e. The van der Waals surface area contributed by atoms with Crippen molar-refractivity contribution in [2.45, 2.75) is 20.0 Å². The van der Waals surface area contributed by atoms with Crippen molar-refractivity contribution in [3.8, 4) is 22.8 Å². The van der Waals surface area contributed by atoms with E-state index in [4.69, 9.17) is 14.5 Å². The van der Waals surface area contributed by atoms with Crippen molar-refractivity contribution in [3.05, 3.63) is 66.4 Å². The van der Waals surface area contributed by atoms with Gasteiger partial charge in [0.25, 0.3) is 0 Å². The van der Waals surface area contributed by atoms with Gasteiger partial charge in [0.15, 0.2) is 21.3 Å². The highest BCUT2D eigenvalue weighted by Gasteiger charge is 2.34. The van der Waals surface area contributed by atoms with Gasteiger partial charge in [-0.2, -0.15) is 0 Å². The van der Waals surface area contributed by atoms with E-state index in [0.29, 0.717) is 52.6 Å². The normalized spacial score (nSPS) is 20.5. The average molecular weight is 552 g/mol. The Morgan fingerprint density at radius 2 is 1.82 bits per heavy atom. The average Bonchev–Trinajstić information content (AvgIpc) is 2.93. The maximum absolute atomic E-state index is 15.3. The van der Waals surface area contributed by atoms with E-state index in [0.717, 1.165) is 5.56 Å². The third-order valence-corrected chi connectivity index (χ3v) is 8.44. The lowest BCUT2D eigenvalue weighted by molar-refractivity contribution is -0.134. The SMILES string of the molecule is CCOc1ccc(-c2cnc3cccc(C4=CC(F)C(C(=O)N5CCS(=O)(=O)CC5)C=C4)c3n2)cc1OCC. The molecule has 0 saturated carbocycles. The molecule has 0 spiro atoms. The van der Waals surface area contributed by atoms with Crippen LogP contribution in [0.25, 0.3) is 27.9 Å². The number of hydrogen-bond donors (Lipinski definition) is 0. The quantitative estimate of drug-likeness (QED) is 0.433. The van der Waals surface area contributed by atoms with Crippen LogP contribution in [-0.2, 0) is 14.6 Å². The fourth-order valence-electron chi connectivity index (χ4n) is 4.80. The van der Waals surface area contributed by atoms with Gasteiger partial charge in [0.1, 0.15) is 6.17 Å². The van der Waals surface area contributed by atoms with Crippen LogP contribution < -0.4 is 9.47 Å². The second kappa shape index (κ2) is 11.1. The first-order valence-corrected chi connectivity index (χ1v) is 14.8. The number of amides is 1. The number of carbonyl (C=O) groups is 1. The molecule has 2 unspecified atom stereocenters. The van der Waals surface area contributed by atoms with Crippen molar-refractivity contribution in [3.63, 3.8) is 0 Å². The zero-order valence-corrected chi connectivity index (χ0v) is 22.7. The highest BCUT2D eigenvalue weighted by atomic mass is 32.2. The molecule has 1 aromatic heterocycles. The molecule has 3 aromatic rings. The standard InChI is InChI=1S/C29H30FN3O5S/c1-3-37-26-11-9-20(17-27(26)38-4-2)25-18-31-24-7-5-6-21(28(24)32-25)19-8-10-22(23(30)16-19)29(34)33-12-14-39(35,36)15-13-33/h5-11,16-18,22-23H,3-4,12-15H2,1-2H3. The summed E-state index contributed by atoms with van der Waals surface area (Å²) in [6.07, 6.45) is 4.85. The molecular formula is C29H30FN3O5S. The predicted octanol–water partition coefficient (Wildman–Crippen LogP) is 4.26. The van der Waals surface area contributed by atoms with Gasteiger partial charge in [0.2, 0.25) is 5.91 Å². The summed E-state index contributed by atoms with van der Waals surface area (Å²) in [7, 11) is -3.14. The van der Waals surface area contributed by atoms with Crippen molar-refractivity contribution in [1.82, 2.24) is 14.9 Å². The van der Waals surface area contributed by atoms with E-state index >= 15 is 4.39 Å². The summed E-state index contributed by atoms with van der Waals surface area (Å²) in [6, 6.07) is 11.1. The van der Waals surface area contributed by atoms with Crippen molar-refractivity contribution in [1.29, 1.82) is 0 Å². The number of sulfone groups is 1. The number of alkyl halides is 1. The number of benzene rings is 2. The molecule has 1 fully saturated rings. The minimum absolute atomic E-state index is 0.0903. The second-order valence-corrected chi connectivity index (χ2v) is 11.7. The van der Waals surface area contributed by atoms with E-state index < -0.39 is 27.8 Å². The highest BCUT2D eigenvalue weighted by molar-refractivity contribution is 7.91. The Labute approximate surface area is 227 Å². The Morgan fingerprint density at radius 3 is 2.54 bits per heavy atom. The van der Waals surface area contributed by atoms with Crippen LogP contribution in [0.1, 0.15) is 19.4 Å². The number of nitrogens with zero attached hydrogens (tertiary/aromatic N) is 3. The van der Waals surface area contributed by atoms with E-state index in [-0.39, 0.29) is 24.6 Å². The van der Waals surface area contributed by atoms with Gasteiger partial charge < -0.3 is 14.4 Å². The summed E-state index contributed by atoms with van der Waals surface area (Å²) in [4.78, 5) is 23.8.